The number of halogens is 2. The Morgan fingerprint density at radius 1 is 1.21 bits per heavy atom. The molecule has 2 aromatic rings. The molecule has 1 heterocycles. The highest BCUT2D eigenvalue weighted by Crippen LogP contribution is 2.23. The van der Waals surface area contributed by atoms with E-state index in [1.165, 1.54) is 5.69 Å². The van der Waals surface area contributed by atoms with Gasteiger partial charge in [0, 0.05) is 11.3 Å². The SMILES string of the molecule is Cc1nc2c(n1Cc1cccc(F)c1F)CCCC2. The second-order valence-electron chi connectivity index (χ2n) is 5.06. The Bertz CT molecular complexity index is 617. The molecule has 3 rings (SSSR count). The predicted molar refractivity (Wildman–Crippen MR) is 69.1 cm³/mol. The molecule has 100 valence electrons. The number of nitrogens with zero attached hydrogens (tertiary/aromatic N) is 2. The average Bonchev–Trinajstić information content (AvgIpc) is 2.72. The van der Waals surface area contributed by atoms with Crippen LogP contribution in [0.25, 0.3) is 0 Å². The average molecular weight is 262 g/mol. The van der Waals surface area contributed by atoms with E-state index in [1.54, 1.807) is 12.1 Å². The molecular formula is C15H16F2N2. The van der Waals surface area contributed by atoms with Crippen LogP contribution in [0.1, 0.15) is 35.6 Å². The van der Waals surface area contributed by atoms with E-state index in [0.717, 1.165) is 43.3 Å². The van der Waals surface area contributed by atoms with Crippen LogP contribution in [0, 0.1) is 18.6 Å². The minimum atomic E-state index is -0.788. The van der Waals surface area contributed by atoms with Crippen molar-refractivity contribution >= 4 is 0 Å². The molecule has 0 saturated heterocycles. The maximum absolute atomic E-state index is 13.7. The van der Waals surface area contributed by atoms with Crippen LogP contribution >= 0.6 is 0 Å². The van der Waals surface area contributed by atoms with Crippen molar-refractivity contribution in [3.05, 3.63) is 52.6 Å². The smallest absolute Gasteiger partial charge is 0.163 e. The van der Waals surface area contributed by atoms with Crippen LogP contribution in [0.4, 0.5) is 8.78 Å². The van der Waals surface area contributed by atoms with Gasteiger partial charge in [0.25, 0.3) is 0 Å². The van der Waals surface area contributed by atoms with Crippen LogP contribution < -0.4 is 0 Å². The highest BCUT2D eigenvalue weighted by Gasteiger charge is 2.19. The predicted octanol–water partition coefficient (Wildman–Crippen LogP) is 3.40. The van der Waals surface area contributed by atoms with Gasteiger partial charge in [0.2, 0.25) is 0 Å². The topological polar surface area (TPSA) is 17.8 Å². The third kappa shape index (κ3) is 2.15. The Hall–Kier alpha value is -1.71. The first-order valence-corrected chi connectivity index (χ1v) is 6.64. The van der Waals surface area contributed by atoms with E-state index in [-0.39, 0.29) is 0 Å². The van der Waals surface area contributed by atoms with Crippen molar-refractivity contribution in [3.63, 3.8) is 0 Å². The number of hydrogen-bond donors (Lipinski definition) is 0. The summed E-state index contributed by atoms with van der Waals surface area (Å²) < 4.78 is 29.0. The first kappa shape index (κ1) is 12.3. The third-order valence-corrected chi connectivity index (χ3v) is 3.78. The van der Waals surface area contributed by atoms with Crippen molar-refractivity contribution in [2.45, 2.75) is 39.2 Å². The van der Waals surface area contributed by atoms with Crippen molar-refractivity contribution in [3.8, 4) is 0 Å². The lowest BCUT2D eigenvalue weighted by molar-refractivity contribution is 0.493. The zero-order chi connectivity index (χ0) is 13.4. The quantitative estimate of drug-likeness (QED) is 0.811. The van der Waals surface area contributed by atoms with Gasteiger partial charge in [-0.25, -0.2) is 13.8 Å². The van der Waals surface area contributed by atoms with E-state index >= 15 is 0 Å². The summed E-state index contributed by atoms with van der Waals surface area (Å²) in [5.41, 5.74) is 2.70. The van der Waals surface area contributed by atoms with Crippen molar-refractivity contribution < 1.29 is 8.78 Å². The molecule has 19 heavy (non-hydrogen) atoms. The molecule has 0 N–H and O–H groups in total. The summed E-state index contributed by atoms with van der Waals surface area (Å²) in [5, 5.41) is 0. The van der Waals surface area contributed by atoms with E-state index in [1.807, 2.05) is 11.5 Å². The lowest BCUT2D eigenvalue weighted by atomic mass is 10.0. The molecule has 0 saturated carbocycles. The van der Waals surface area contributed by atoms with Gasteiger partial charge in [-0.15, -0.1) is 0 Å². The lowest BCUT2D eigenvalue weighted by Gasteiger charge is -2.15. The van der Waals surface area contributed by atoms with Gasteiger partial charge in [-0.2, -0.15) is 0 Å². The maximum atomic E-state index is 13.7. The summed E-state index contributed by atoms with van der Waals surface area (Å²) in [6, 6.07) is 4.33. The van der Waals surface area contributed by atoms with Crippen LogP contribution in [0.5, 0.6) is 0 Å². The molecule has 0 fully saturated rings. The summed E-state index contributed by atoms with van der Waals surface area (Å²) in [5.74, 6) is -0.653. The third-order valence-electron chi connectivity index (χ3n) is 3.78. The van der Waals surface area contributed by atoms with Gasteiger partial charge >= 0.3 is 0 Å². The Morgan fingerprint density at radius 2 is 2.00 bits per heavy atom. The first-order chi connectivity index (χ1) is 9.16. The number of rotatable bonds is 2. The molecule has 0 amide bonds. The molecule has 1 aromatic heterocycles. The normalized spacial score (nSPS) is 14.5. The second kappa shape index (κ2) is 4.76. The molecule has 1 aliphatic rings. The Labute approximate surface area is 111 Å². The van der Waals surface area contributed by atoms with Crippen molar-refractivity contribution in [1.29, 1.82) is 0 Å². The Kier molecular flexibility index (Phi) is 3.09. The first-order valence-electron chi connectivity index (χ1n) is 6.64. The van der Waals surface area contributed by atoms with E-state index in [4.69, 9.17) is 0 Å². The van der Waals surface area contributed by atoms with E-state index in [9.17, 15) is 8.78 Å². The van der Waals surface area contributed by atoms with Crippen LogP contribution in [-0.2, 0) is 19.4 Å². The van der Waals surface area contributed by atoms with Crippen molar-refractivity contribution in [2.24, 2.45) is 0 Å². The molecular weight excluding hydrogens is 246 g/mol. The van der Waals surface area contributed by atoms with Crippen LogP contribution in [-0.4, -0.2) is 9.55 Å². The van der Waals surface area contributed by atoms with Crippen molar-refractivity contribution in [2.75, 3.05) is 0 Å². The fourth-order valence-corrected chi connectivity index (χ4v) is 2.79. The van der Waals surface area contributed by atoms with Gasteiger partial charge in [0.15, 0.2) is 11.6 Å². The van der Waals surface area contributed by atoms with E-state index < -0.39 is 11.6 Å². The minimum Gasteiger partial charge on any atom is -0.327 e. The summed E-state index contributed by atoms with van der Waals surface area (Å²) >= 11 is 0. The summed E-state index contributed by atoms with van der Waals surface area (Å²) in [6.45, 7) is 2.29. The fraction of sp³-hybridized carbons (Fsp3) is 0.400. The van der Waals surface area contributed by atoms with Crippen LogP contribution in [0.2, 0.25) is 0 Å². The van der Waals surface area contributed by atoms with E-state index in [0.29, 0.717) is 12.1 Å². The zero-order valence-electron chi connectivity index (χ0n) is 10.9. The van der Waals surface area contributed by atoms with Gasteiger partial charge in [-0.3, -0.25) is 0 Å². The van der Waals surface area contributed by atoms with Crippen LogP contribution in [0.15, 0.2) is 18.2 Å². The minimum absolute atomic E-state index is 0.359. The van der Waals surface area contributed by atoms with Crippen molar-refractivity contribution in [1.82, 2.24) is 9.55 Å². The molecule has 2 nitrogen and oxygen atoms in total. The molecule has 0 unspecified atom stereocenters. The lowest BCUT2D eigenvalue weighted by Crippen LogP contribution is -2.11. The van der Waals surface area contributed by atoms with Crippen LogP contribution in [0.3, 0.4) is 0 Å². The summed E-state index contributed by atoms with van der Waals surface area (Å²) in [6.07, 6.45) is 4.28. The number of fused-ring (bicyclic) bond motifs is 1. The monoisotopic (exact) mass is 262 g/mol. The van der Waals surface area contributed by atoms with Gasteiger partial charge in [0.1, 0.15) is 5.82 Å². The van der Waals surface area contributed by atoms with Gasteiger partial charge in [0.05, 0.1) is 12.2 Å². The maximum Gasteiger partial charge on any atom is 0.163 e. The molecule has 1 aliphatic carbocycles. The molecule has 0 spiro atoms. The summed E-state index contributed by atoms with van der Waals surface area (Å²) in [4.78, 5) is 4.55. The number of imidazole rings is 1. The number of benzene rings is 1. The molecule has 0 radical (unpaired) electrons. The molecule has 1 aromatic carbocycles. The molecule has 4 heteroatoms. The summed E-state index contributed by atoms with van der Waals surface area (Å²) in [7, 11) is 0. The molecule has 0 atom stereocenters. The number of hydrogen-bond acceptors (Lipinski definition) is 1. The highest BCUT2D eigenvalue weighted by molar-refractivity contribution is 5.24. The highest BCUT2D eigenvalue weighted by atomic mass is 19.2. The number of aryl methyl sites for hydroxylation is 2. The standard InChI is InChI=1S/C15H16F2N2/c1-10-18-13-7-2-3-8-14(13)19(10)9-11-5-4-6-12(16)15(11)17/h4-6H,2-3,7-9H2,1H3. The Morgan fingerprint density at radius 3 is 2.84 bits per heavy atom. The van der Waals surface area contributed by atoms with Gasteiger partial charge in [-0.1, -0.05) is 12.1 Å². The zero-order valence-corrected chi connectivity index (χ0v) is 10.9. The van der Waals surface area contributed by atoms with Gasteiger partial charge in [-0.05, 0) is 38.7 Å². The second-order valence-corrected chi connectivity index (χ2v) is 5.06. The largest absolute Gasteiger partial charge is 0.327 e. The number of aromatic nitrogens is 2. The molecule has 0 bridgehead atoms. The molecule has 0 aliphatic heterocycles. The Balaban J connectivity index is 1.99. The fourth-order valence-electron chi connectivity index (χ4n) is 2.79. The van der Waals surface area contributed by atoms with E-state index in [2.05, 4.69) is 4.98 Å². The van der Waals surface area contributed by atoms with Gasteiger partial charge < -0.3 is 4.57 Å².